The Bertz CT molecular complexity index is 1030. The van der Waals surface area contributed by atoms with Gasteiger partial charge in [-0.05, 0) is 52.9 Å². The van der Waals surface area contributed by atoms with Crippen molar-refractivity contribution in [3.63, 3.8) is 0 Å². The van der Waals surface area contributed by atoms with Gasteiger partial charge in [-0.25, -0.2) is 4.68 Å². The number of nitrogens with zero attached hydrogens (tertiary/aromatic N) is 5. The number of hydrogen-bond donors (Lipinski definition) is 1. The van der Waals surface area contributed by atoms with Crippen LogP contribution in [0.2, 0.25) is 10.0 Å². The molecule has 3 rings (SSSR count). The molecule has 10 heteroatoms. The molecule has 1 unspecified atom stereocenters. The third-order valence-corrected chi connectivity index (χ3v) is 4.16. The fourth-order valence-corrected chi connectivity index (χ4v) is 2.71. The number of nitrogens with one attached hydrogen (secondary N) is 1. The summed E-state index contributed by atoms with van der Waals surface area (Å²) in [4.78, 5) is 24.9. The van der Waals surface area contributed by atoms with E-state index >= 15 is 0 Å². The van der Waals surface area contributed by atoms with Gasteiger partial charge in [0.25, 0.3) is 0 Å². The molecule has 1 heterocycles. The molecule has 1 N–H and O–H groups in total. The number of carbonyl (C=O) groups is 2. The number of anilines is 1. The number of hydrogen-bond acceptors (Lipinski definition) is 6. The molecule has 0 aliphatic carbocycles. The van der Waals surface area contributed by atoms with Crippen LogP contribution in [0.4, 0.5) is 5.69 Å². The molecule has 1 aromatic heterocycles. The number of ketones is 1. The van der Waals surface area contributed by atoms with Crippen molar-refractivity contribution in [2.75, 3.05) is 5.32 Å². The predicted octanol–water partition coefficient (Wildman–Crippen LogP) is 2.93. The number of benzene rings is 2. The second kappa shape index (κ2) is 7.95. The van der Waals surface area contributed by atoms with Gasteiger partial charge in [0.05, 0.1) is 22.5 Å². The van der Waals surface area contributed by atoms with Crippen LogP contribution in [0.5, 0.6) is 0 Å². The van der Waals surface area contributed by atoms with Gasteiger partial charge in [0.2, 0.25) is 5.91 Å². The van der Waals surface area contributed by atoms with Crippen LogP contribution in [0.3, 0.4) is 0 Å². The molecule has 0 saturated heterocycles. The number of Topliss-reactive ketones (excluding diaryl/α,β-unsaturated/α-hetero) is 1. The number of rotatable bonds is 5. The highest BCUT2D eigenvalue weighted by Gasteiger charge is 2.28. The molecule has 1 atom stereocenters. The quantitative estimate of drug-likeness (QED) is 0.520. The highest BCUT2D eigenvalue weighted by molar-refractivity contribution is 6.36. The summed E-state index contributed by atoms with van der Waals surface area (Å²) in [5.74, 6) is -2.95. The summed E-state index contributed by atoms with van der Waals surface area (Å²) in [6.07, 6.45) is 1.40. The van der Waals surface area contributed by atoms with Gasteiger partial charge in [-0.3, -0.25) is 9.59 Å². The van der Waals surface area contributed by atoms with Gasteiger partial charge in [0.1, 0.15) is 6.33 Å². The molecule has 0 aliphatic rings. The number of carbonyl (C=O) groups excluding carboxylic acids is 2. The maximum absolute atomic E-state index is 12.6. The number of aromatic nitrogens is 4. The molecule has 3 aromatic rings. The van der Waals surface area contributed by atoms with Crippen molar-refractivity contribution in [3.8, 4) is 11.8 Å². The maximum atomic E-state index is 12.6. The summed E-state index contributed by atoms with van der Waals surface area (Å²) in [6, 6.07) is 12.4. The number of tetrazole rings is 1. The van der Waals surface area contributed by atoms with E-state index in [1.807, 2.05) is 0 Å². The smallest absolute Gasteiger partial charge is 0.249 e. The van der Waals surface area contributed by atoms with Crippen molar-refractivity contribution in [2.24, 2.45) is 5.92 Å². The topological polar surface area (TPSA) is 114 Å². The van der Waals surface area contributed by atoms with Gasteiger partial charge in [0, 0.05) is 10.6 Å². The van der Waals surface area contributed by atoms with E-state index in [-0.39, 0.29) is 16.3 Å². The Morgan fingerprint density at radius 2 is 1.89 bits per heavy atom. The van der Waals surface area contributed by atoms with E-state index in [9.17, 15) is 14.9 Å². The van der Waals surface area contributed by atoms with E-state index in [4.69, 9.17) is 23.2 Å². The van der Waals surface area contributed by atoms with Crippen LogP contribution in [0.15, 0.2) is 48.8 Å². The van der Waals surface area contributed by atoms with Gasteiger partial charge in [-0.1, -0.05) is 23.2 Å². The van der Waals surface area contributed by atoms with Crippen LogP contribution >= 0.6 is 23.2 Å². The summed E-state index contributed by atoms with van der Waals surface area (Å²) in [5, 5.41) is 23.2. The second-order valence-electron chi connectivity index (χ2n) is 5.34. The first-order chi connectivity index (χ1) is 13.0. The lowest BCUT2D eigenvalue weighted by molar-refractivity contribution is -0.117. The Kier molecular flexibility index (Phi) is 5.45. The van der Waals surface area contributed by atoms with Crippen LogP contribution in [0, 0.1) is 17.2 Å². The molecule has 2 aromatic carbocycles. The Morgan fingerprint density at radius 1 is 1.15 bits per heavy atom. The summed E-state index contributed by atoms with van der Waals surface area (Å²) in [6.45, 7) is 0. The highest BCUT2D eigenvalue weighted by Crippen LogP contribution is 2.26. The van der Waals surface area contributed by atoms with Crippen molar-refractivity contribution in [3.05, 3.63) is 64.4 Å². The van der Waals surface area contributed by atoms with Gasteiger partial charge < -0.3 is 5.32 Å². The molecule has 0 radical (unpaired) electrons. The fraction of sp³-hybridized carbons (Fsp3) is 0.0588. The predicted molar refractivity (Wildman–Crippen MR) is 97.7 cm³/mol. The zero-order chi connectivity index (χ0) is 19.4. The lowest BCUT2D eigenvalue weighted by Crippen LogP contribution is -2.28. The number of amides is 1. The SMILES string of the molecule is N#CC(C(=O)Nc1ccc(Cl)cc1Cl)C(=O)c1ccc(-n2cnnn2)cc1. The van der Waals surface area contributed by atoms with E-state index in [1.54, 1.807) is 18.2 Å². The Morgan fingerprint density at radius 3 is 2.48 bits per heavy atom. The van der Waals surface area contributed by atoms with Crippen molar-refractivity contribution < 1.29 is 9.59 Å². The summed E-state index contributed by atoms with van der Waals surface area (Å²) in [5.41, 5.74) is 1.09. The first kappa shape index (κ1) is 18.5. The van der Waals surface area contributed by atoms with Crippen molar-refractivity contribution in [1.29, 1.82) is 5.26 Å². The molecule has 0 fully saturated rings. The minimum Gasteiger partial charge on any atom is -0.323 e. The Balaban J connectivity index is 1.77. The largest absolute Gasteiger partial charge is 0.323 e. The Labute approximate surface area is 163 Å². The van der Waals surface area contributed by atoms with Crippen LogP contribution in [-0.2, 0) is 4.79 Å². The van der Waals surface area contributed by atoms with E-state index in [0.29, 0.717) is 10.7 Å². The molecule has 0 bridgehead atoms. The molecular weight excluding hydrogens is 391 g/mol. The zero-order valence-electron chi connectivity index (χ0n) is 13.5. The van der Waals surface area contributed by atoms with Crippen molar-refractivity contribution in [1.82, 2.24) is 20.2 Å². The van der Waals surface area contributed by atoms with E-state index in [0.717, 1.165) is 0 Å². The van der Waals surface area contributed by atoms with Gasteiger partial charge >= 0.3 is 0 Å². The summed E-state index contributed by atoms with van der Waals surface area (Å²) >= 11 is 11.8. The molecular formula is C17H10Cl2N6O2. The minimum absolute atomic E-state index is 0.200. The normalized spacial score (nSPS) is 11.4. The van der Waals surface area contributed by atoms with E-state index < -0.39 is 17.6 Å². The number of nitriles is 1. The van der Waals surface area contributed by atoms with Gasteiger partial charge in [-0.15, -0.1) is 5.10 Å². The van der Waals surface area contributed by atoms with Crippen molar-refractivity contribution >= 4 is 40.6 Å². The molecule has 1 amide bonds. The van der Waals surface area contributed by atoms with Gasteiger partial charge in [-0.2, -0.15) is 5.26 Å². The molecule has 0 spiro atoms. The van der Waals surface area contributed by atoms with Gasteiger partial charge in [0.15, 0.2) is 11.7 Å². The molecule has 134 valence electrons. The first-order valence-electron chi connectivity index (χ1n) is 7.53. The first-order valence-corrected chi connectivity index (χ1v) is 8.28. The average molecular weight is 401 g/mol. The lowest BCUT2D eigenvalue weighted by atomic mass is 9.97. The van der Waals surface area contributed by atoms with Crippen LogP contribution < -0.4 is 5.32 Å². The van der Waals surface area contributed by atoms with E-state index in [1.165, 1.54) is 41.3 Å². The molecule has 0 aliphatic heterocycles. The van der Waals surface area contributed by atoms with Crippen LogP contribution in [-0.4, -0.2) is 31.9 Å². The standard InChI is InChI=1S/C17H10Cl2N6O2/c18-11-3-6-15(14(19)7-11)22-17(27)13(8-20)16(26)10-1-4-12(5-2-10)25-9-21-23-24-25/h1-7,9,13H,(H,22,27). The lowest BCUT2D eigenvalue weighted by Gasteiger charge is -2.11. The van der Waals surface area contributed by atoms with Crippen LogP contribution in [0.1, 0.15) is 10.4 Å². The fourth-order valence-electron chi connectivity index (χ4n) is 2.26. The molecule has 0 saturated carbocycles. The molecule has 8 nitrogen and oxygen atoms in total. The zero-order valence-corrected chi connectivity index (χ0v) is 15.0. The minimum atomic E-state index is -1.53. The summed E-state index contributed by atoms with van der Waals surface area (Å²) in [7, 11) is 0. The second-order valence-corrected chi connectivity index (χ2v) is 6.18. The number of halogens is 2. The maximum Gasteiger partial charge on any atom is 0.249 e. The Hall–Kier alpha value is -3.28. The summed E-state index contributed by atoms with van der Waals surface area (Å²) < 4.78 is 1.41. The van der Waals surface area contributed by atoms with E-state index in [2.05, 4.69) is 20.8 Å². The highest BCUT2D eigenvalue weighted by atomic mass is 35.5. The third kappa shape index (κ3) is 4.11. The average Bonchev–Trinajstić information content (AvgIpc) is 3.19. The van der Waals surface area contributed by atoms with Crippen LogP contribution in [0.25, 0.3) is 5.69 Å². The van der Waals surface area contributed by atoms with Crippen molar-refractivity contribution in [2.45, 2.75) is 0 Å². The molecule has 27 heavy (non-hydrogen) atoms. The third-order valence-electron chi connectivity index (χ3n) is 3.61. The monoisotopic (exact) mass is 400 g/mol.